The average Bonchev–Trinajstić information content (AvgIpc) is 3.41. The summed E-state index contributed by atoms with van der Waals surface area (Å²) in [5.74, 6) is -1.02. The van der Waals surface area contributed by atoms with Crippen molar-refractivity contribution in [2.45, 2.75) is 43.8 Å². The summed E-state index contributed by atoms with van der Waals surface area (Å²) in [5.41, 5.74) is 2.67. The maximum Gasteiger partial charge on any atom is 0.319 e. The molecule has 2 amide bonds. The molecule has 5 rings (SSSR count). The number of alkyl halides is 1. The monoisotopic (exact) mass is 561 g/mol. The Kier molecular flexibility index (Phi) is 6.96. The molecule has 1 fully saturated rings. The molecule has 38 heavy (non-hydrogen) atoms. The average molecular weight is 562 g/mol. The summed E-state index contributed by atoms with van der Waals surface area (Å²) in [4.78, 5) is 37.1. The molecule has 3 aromatic rings. The molecule has 0 radical (unpaired) electrons. The second kappa shape index (κ2) is 10.1. The smallest absolute Gasteiger partial charge is 0.319 e. The molecule has 0 saturated carbocycles. The lowest BCUT2D eigenvalue weighted by Gasteiger charge is -2.37. The largest absolute Gasteiger partial charge is 0.480 e. The molecule has 12 heteroatoms. The van der Waals surface area contributed by atoms with E-state index in [9.17, 15) is 14.0 Å². The number of piperidine rings is 1. The third-order valence-electron chi connectivity index (χ3n) is 6.85. The lowest BCUT2D eigenvalue weighted by molar-refractivity contribution is -0.127. The van der Waals surface area contributed by atoms with E-state index in [4.69, 9.17) is 32.7 Å². The highest BCUT2D eigenvalue weighted by Gasteiger charge is 2.48. The lowest BCUT2D eigenvalue weighted by atomic mass is 9.98. The zero-order valence-corrected chi connectivity index (χ0v) is 22.7. The van der Waals surface area contributed by atoms with Crippen LogP contribution in [-0.2, 0) is 4.79 Å². The number of amides is 2. The van der Waals surface area contributed by atoms with Gasteiger partial charge in [0.1, 0.15) is 11.9 Å². The van der Waals surface area contributed by atoms with E-state index in [1.807, 2.05) is 18.4 Å². The summed E-state index contributed by atoms with van der Waals surface area (Å²) in [6, 6.07) is 4.53. The molecule has 9 nitrogen and oxygen atoms in total. The first-order valence-electron chi connectivity index (χ1n) is 12.1. The van der Waals surface area contributed by atoms with Gasteiger partial charge in [0.15, 0.2) is 0 Å². The summed E-state index contributed by atoms with van der Waals surface area (Å²) in [5, 5.41) is 2.39. The Balaban J connectivity index is 1.75. The molecule has 3 atom stereocenters. The highest BCUT2D eigenvalue weighted by Crippen LogP contribution is 2.47. The van der Waals surface area contributed by atoms with Crippen molar-refractivity contribution in [1.29, 1.82) is 0 Å². The quantitative estimate of drug-likeness (QED) is 0.448. The number of nitrogens with one attached hydrogen (secondary N) is 1. The van der Waals surface area contributed by atoms with Crippen molar-refractivity contribution in [2.75, 3.05) is 20.8 Å². The molecule has 0 aliphatic carbocycles. The first-order valence-corrected chi connectivity index (χ1v) is 12.9. The summed E-state index contributed by atoms with van der Waals surface area (Å²) >= 11 is 12.4. The van der Waals surface area contributed by atoms with E-state index in [1.54, 1.807) is 18.3 Å². The molecule has 1 N–H and O–H groups in total. The van der Waals surface area contributed by atoms with Crippen LogP contribution in [0.2, 0.25) is 5.02 Å². The molecule has 0 spiro atoms. The number of fused-ring (bicyclic) bond motifs is 1. The van der Waals surface area contributed by atoms with Crippen LogP contribution in [-0.4, -0.2) is 63.4 Å². The number of nitrogens with zero attached hydrogens (tertiary/aromatic N) is 4. The molecule has 2 aromatic heterocycles. The van der Waals surface area contributed by atoms with E-state index in [0.29, 0.717) is 34.6 Å². The summed E-state index contributed by atoms with van der Waals surface area (Å²) in [7, 11) is 2.94. The second-order valence-corrected chi connectivity index (χ2v) is 10.5. The van der Waals surface area contributed by atoms with Crippen LogP contribution in [0.3, 0.4) is 0 Å². The van der Waals surface area contributed by atoms with Gasteiger partial charge in [-0.05, 0) is 44.0 Å². The number of hydrogen-bond acceptors (Lipinski definition) is 6. The minimum absolute atomic E-state index is 0.0406. The van der Waals surface area contributed by atoms with Crippen molar-refractivity contribution in [3.8, 4) is 23.1 Å². The maximum atomic E-state index is 14.7. The van der Waals surface area contributed by atoms with E-state index in [2.05, 4.69) is 15.3 Å². The van der Waals surface area contributed by atoms with Gasteiger partial charge in [-0.25, -0.2) is 9.37 Å². The fourth-order valence-electron chi connectivity index (χ4n) is 5.25. The molecule has 1 saturated heterocycles. The Morgan fingerprint density at radius 1 is 1.16 bits per heavy atom. The van der Waals surface area contributed by atoms with Gasteiger partial charge in [0, 0.05) is 18.8 Å². The Labute approximate surface area is 228 Å². The number of methoxy groups -OCH3 is 2. The number of carbonyl (C=O) groups is 2. The Morgan fingerprint density at radius 2 is 1.92 bits per heavy atom. The Hall–Kier alpha value is -3.37. The third kappa shape index (κ3) is 4.25. The summed E-state index contributed by atoms with van der Waals surface area (Å²) in [6.07, 6.45) is 1.84. The van der Waals surface area contributed by atoms with Crippen molar-refractivity contribution in [2.24, 2.45) is 0 Å². The zero-order chi connectivity index (χ0) is 27.3. The van der Waals surface area contributed by atoms with Gasteiger partial charge in [0.25, 0.3) is 5.91 Å². The zero-order valence-electron chi connectivity index (χ0n) is 21.2. The van der Waals surface area contributed by atoms with Crippen LogP contribution in [0, 0.1) is 5.82 Å². The molecule has 3 unspecified atom stereocenters. The highest BCUT2D eigenvalue weighted by atomic mass is 35.5. The van der Waals surface area contributed by atoms with Gasteiger partial charge in [-0.2, -0.15) is 4.98 Å². The van der Waals surface area contributed by atoms with Crippen molar-refractivity contribution in [1.82, 2.24) is 24.8 Å². The van der Waals surface area contributed by atoms with Gasteiger partial charge < -0.3 is 24.3 Å². The van der Waals surface area contributed by atoms with Crippen molar-refractivity contribution >= 4 is 35.0 Å². The molecule has 2 aliphatic rings. The predicted octanol–water partition coefficient (Wildman–Crippen LogP) is 4.38. The molecular formula is C26H26Cl2FN5O4. The van der Waals surface area contributed by atoms with Crippen molar-refractivity contribution < 1.29 is 23.5 Å². The number of hydrogen-bond donors (Lipinski definition) is 1. The fourth-order valence-corrected chi connectivity index (χ4v) is 5.61. The van der Waals surface area contributed by atoms with Crippen LogP contribution in [0.4, 0.5) is 4.39 Å². The molecule has 1 aromatic carbocycles. The van der Waals surface area contributed by atoms with E-state index in [1.165, 1.54) is 31.3 Å². The van der Waals surface area contributed by atoms with Gasteiger partial charge in [0.05, 0.1) is 53.2 Å². The number of carbonyl (C=O) groups excluding carboxylic acids is 2. The molecule has 4 heterocycles. The normalized spacial score (nSPS) is 21.1. The standard InChI is InChI=1S/C26H26Cl2FN5O4/c1-12(2)33-19(16-11-31-26(38-4)32-24(16)37-3)9-15-22(33)21(13-5-6-17(28)18(29)7-13)34(25(15)36)20-8-14(27)10-30-23(20)35/h5-7,9,11-12,14,20-21H,8,10H2,1-4H3,(H,30,35). The van der Waals surface area contributed by atoms with Crippen LogP contribution < -0.4 is 14.8 Å². The molecular weight excluding hydrogens is 536 g/mol. The first-order chi connectivity index (χ1) is 18.2. The number of rotatable bonds is 6. The highest BCUT2D eigenvalue weighted by molar-refractivity contribution is 6.30. The van der Waals surface area contributed by atoms with Gasteiger partial charge in [-0.3, -0.25) is 9.59 Å². The van der Waals surface area contributed by atoms with Crippen LogP contribution in [0.15, 0.2) is 30.5 Å². The minimum Gasteiger partial charge on any atom is -0.480 e. The molecule has 200 valence electrons. The topological polar surface area (TPSA) is 98.6 Å². The number of ether oxygens (including phenoxy) is 2. The summed E-state index contributed by atoms with van der Waals surface area (Å²) < 4.78 is 27.3. The number of aromatic nitrogens is 3. The van der Waals surface area contributed by atoms with Crippen LogP contribution in [0.5, 0.6) is 11.9 Å². The van der Waals surface area contributed by atoms with E-state index in [0.717, 1.165) is 0 Å². The number of halogens is 3. The lowest BCUT2D eigenvalue weighted by Crippen LogP contribution is -2.55. The molecule has 2 aliphatic heterocycles. The van der Waals surface area contributed by atoms with Crippen LogP contribution >= 0.6 is 23.2 Å². The van der Waals surface area contributed by atoms with Crippen molar-refractivity contribution in [3.05, 3.63) is 58.1 Å². The van der Waals surface area contributed by atoms with Gasteiger partial charge in [-0.15, -0.1) is 11.6 Å². The first kappa shape index (κ1) is 26.2. The van der Waals surface area contributed by atoms with Gasteiger partial charge >= 0.3 is 6.01 Å². The Bertz CT molecular complexity index is 1430. The minimum atomic E-state index is -0.835. The summed E-state index contributed by atoms with van der Waals surface area (Å²) in [6.45, 7) is 4.25. The fraction of sp³-hybridized carbons (Fsp3) is 0.385. The van der Waals surface area contributed by atoms with E-state index < -0.39 is 17.9 Å². The van der Waals surface area contributed by atoms with Gasteiger partial charge in [-0.1, -0.05) is 17.7 Å². The molecule has 0 bridgehead atoms. The van der Waals surface area contributed by atoms with E-state index >= 15 is 0 Å². The number of benzene rings is 1. The maximum absolute atomic E-state index is 14.7. The van der Waals surface area contributed by atoms with Crippen LogP contribution in [0.1, 0.15) is 54.0 Å². The van der Waals surface area contributed by atoms with Crippen molar-refractivity contribution in [3.63, 3.8) is 0 Å². The Morgan fingerprint density at radius 3 is 2.58 bits per heavy atom. The van der Waals surface area contributed by atoms with Gasteiger partial charge in [0.2, 0.25) is 11.8 Å². The van der Waals surface area contributed by atoms with E-state index in [-0.39, 0.29) is 46.6 Å². The predicted molar refractivity (Wildman–Crippen MR) is 139 cm³/mol. The SMILES string of the molecule is COc1ncc(-c2cc3c(n2C(C)C)C(c2ccc(Cl)c(F)c2)N(C2CC(Cl)CNC2=O)C3=O)c(OC)n1. The third-order valence-corrected chi connectivity index (χ3v) is 7.49. The second-order valence-electron chi connectivity index (χ2n) is 9.45. The van der Waals surface area contributed by atoms with Crippen LogP contribution in [0.25, 0.3) is 11.3 Å².